The number of imidazole rings is 1. The van der Waals surface area contributed by atoms with Crippen LogP contribution in [-0.2, 0) is 13.1 Å². The molecule has 7 heteroatoms. The van der Waals surface area contributed by atoms with Crippen molar-refractivity contribution in [2.24, 2.45) is 4.99 Å². The standard InChI is InChI=1S/C19H27N5S.HI/c1-3-18-14-24(10-11-25-18)19(20-2)22-12-16-4-6-17(7-5-16)13-23-9-8-21-15-23;/h4-9,15,18H,3,10-14H2,1-2H3,(H,20,22);1H. The fraction of sp³-hybridized carbons (Fsp3) is 0.474. The number of rotatable bonds is 5. The summed E-state index contributed by atoms with van der Waals surface area (Å²) in [6.45, 7) is 6.09. The zero-order valence-corrected chi connectivity index (χ0v) is 18.6. The van der Waals surface area contributed by atoms with Crippen LogP contribution in [0.5, 0.6) is 0 Å². The molecular formula is C19H28IN5S. The summed E-state index contributed by atoms with van der Waals surface area (Å²) in [6, 6.07) is 8.75. The van der Waals surface area contributed by atoms with Gasteiger partial charge in [-0.05, 0) is 17.5 Å². The zero-order valence-electron chi connectivity index (χ0n) is 15.5. The van der Waals surface area contributed by atoms with E-state index in [9.17, 15) is 0 Å². The molecule has 1 aromatic carbocycles. The summed E-state index contributed by atoms with van der Waals surface area (Å²) in [6.07, 6.45) is 6.86. The van der Waals surface area contributed by atoms with E-state index >= 15 is 0 Å². The van der Waals surface area contributed by atoms with Gasteiger partial charge in [-0.2, -0.15) is 11.8 Å². The van der Waals surface area contributed by atoms with Crippen molar-refractivity contribution in [3.05, 3.63) is 54.1 Å². The number of thioether (sulfide) groups is 1. The predicted molar refractivity (Wildman–Crippen MR) is 121 cm³/mol. The maximum Gasteiger partial charge on any atom is 0.193 e. The average Bonchev–Trinajstić information content (AvgIpc) is 3.17. The SMILES string of the molecule is CCC1CN(C(=NC)NCc2ccc(Cn3ccnc3)cc2)CCS1.I. The predicted octanol–water partition coefficient (Wildman–Crippen LogP) is 3.45. The highest BCUT2D eigenvalue weighted by Gasteiger charge is 2.21. The van der Waals surface area contributed by atoms with E-state index in [4.69, 9.17) is 0 Å². The Kier molecular flexibility index (Phi) is 8.77. The molecule has 3 rings (SSSR count). The molecule has 1 saturated heterocycles. The van der Waals surface area contributed by atoms with Gasteiger partial charge in [0.15, 0.2) is 5.96 Å². The van der Waals surface area contributed by atoms with Gasteiger partial charge in [-0.25, -0.2) is 4.98 Å². The minimum absolute atomic E-state index is 0. The number of hydrogen-bond donors (Lipinski definition) is 1. The Morgan fingerprint density at radius 3 is 2.73 bits per heavy atom. The number of aliphatic imine (C=N–C) groups is 1. The Hall–Kier alpha value is -1.22. The third-order valence-corrected chi connectivity index (χ3v) is 5.88. The molecule has 1 atom stereocenters. The zero-order chi connectivity index (χ0) is 17.5. The van der Waals surface area contributed by atoms with E-state index in [2.05, 4.69) is 67.7 Å². The second kappa shape index (κ2) is 10.8. The molecular weight excluding hydrogens is 457 g/mol. The molecule has 0 amide bonds. The van der Waals surface area contributed by atoms with Gasteiger partial charge in [-0.3, -0.25) is 4.99 Å². The number of hydrogen-bond acceptors (Lipinski definition) is 3. The van der Waals surface area contributed by atoms with Crippen molar-refractivity contribution in [3.8, 4) is 0 Å². The second-order valence-electron chi connectivity index (χ2n) is 6.30. The first kappa shape index (κ1) is 21.1. The lowest BCUT2D eigenvalue weighted by Gasteiger charge is -2.34. The Morgan fingerprint density at radius 1 is 1.31 bits per heavy atom. The molecule has 1 aromatic heterocycles. The summed E-state index contributed by atoms with van der Waals surface area (Å²) in [7, 11) is 1.87. The van der Waals surface area contributed by atoms with Crippen molar-refractivity contribution in [1.82, 2.24) is 19.8 Å². The van der Waals surface area contributed by atoms with Crippen LogP contribution in [0.1, 0.15) is 24.5 Å². The summed E-state index contributed by atoms with van der Waals surface area (Å²) in [5, 5.41) is 4.23. The van der Waals surface area contributed by atoms with E-state index in [-0.39, 0.29) is 24.0 Å². The highest BCUT2D eigenvalue weighted by Crippen LogP contribution is 2.21. The van der Waals surface area contributed by atoms with Gasteiger partial charge in [0.1, 0.15) is 0 Å². The number of benzene rings is 1. The lowest BCUT2D eigenvalue weighted by molar-refractivity contribution is 0.408. The first-order valence-electron chi connectivity index (χ1n) is 8.89. The number of halogens is 1. The molecule has 0 bridgehead atoms. The van der Waals surface area contributed by atoms with E-state index < -0.39 is 0 Å². The molecule has 1 aliphatic heterocycles. The van der Waals surface area contributed by atoms with Crippen molar-refractivity contribution in [3.63, 3.8) is 0 Å². The quantitative estimate of drug-likeness (QED) is 0.401. The van der Waals surface area contributed by atoms with Crippen LogP contribution in [0.2, 0.25) is 0 Å². The maximum atomic E-state index is 4.47. The third-order valence-electron chi connectivity index (χ3n) is 4.50. The monoisotopic (exact) mass is 485 g/mol. The lowest BCUT2D eigenvalue weighted by Crippen LogP contribution is -2.47. The smallest absolute Gasteiger partial charge is 0.193 e. The summed E-state index contributed by atoms with van der Waals surface area (Å²) in [5.41, 5.74) is 2.55. The molecule has 142 valence electrons. The topological polar surface area (TPSA) is 45.5 Å². The molecule has 0 spiro atoms. The van der Waals surface area contributed by atoms with Crippen LogP contribution in [0, 0.1) is 0 Å². The van der Waals surface area contributed by atoms with E-state index in [1.54, 1.807) is 0 Å². The molecule has 1 unspecified atom stereocenters. The molecule has 5 nitrogen and oxygen atoms in total. The second-order valence-corrected chi connectivity index (χ2v) is 7.71. The molecule has 0 saturated carbocycles. The lowest BCUT2D eigenvalue weighted by atomic mass is 10.1. The largest absolute Gasteiger partial charge is 0.352 e. The first-order chi connectivity index (χ1) is 12.3. The Balaban J connectivity index is 0.00000243. The van der Waals surface area contributed by atoms with E-state index in [1.165, 1.54) is 23.3 Å². The molecule has 2 heterocycles. The molecule has 26 heavy (non-hydrogen) atoms. The van der Waals surface area contributed by atoms with Crippen molar-refractivity contribution in [2.45, 2.75) is 31.7 Å². The van der Waals surface area contributed by atoms with E-state index in [0.29, 0.717) is 0 Å². The Bertz CT molecular complexity index is 672. The van der Waals surface area contributed by atoms with Gasteiger partial charge in [0.25, 0.3) is 0 Å². The van der Waals surface area contributed by atoms with Gasteiger partial charge in [0.05, 0.1) is 6.33 Å². The van der Waals surface area contributed by atoms with Crippen molar-refractivity contribution < 1.29 is 0 Å². The number of nitrogens with one attached hydrogen (secondary N) is 1. The van der Waals surface area contributed by atoms with Gasteiger partial charge in [-0.15, -0.1) is 24.0 Å². The van der Waals surface area contributed by atoms with Crippen LogP contribution in [0.25, 0.3) is 0 Å². The van der Waals surface area contributed by atoms with Crippen LogP contribution < -0.4 is 5.32 Å². The van der Waals surface area contributed by atoms with Crippen LogP contribution in [0.3, 0.4) is 0 Å². The third kappa shape index (κ3) is 5.90. The minimum atomic E-state index is 0. The molecule has 1 N–H and O–H groups in total. The normalized spacial score (nSPS) is 17.7. The molecule has 0 radical (unpaired) electrons. The highest BCUT2D eigenvalue weighted by atomic mass is 127. The molecule has 1 aliphatic rings. The van der Waals surface area contributed by atoms with E-state index in [0.717, 1.165) is 37.4 Å². The van der Waals surface area contributed by atoms with Crippen molar-refractivity contribution >= 4 is 41.7 Å². The van der Waals surface area contributed by atoms with Gasteiger partial charge in [-0.1, -0.05) is 31.2 Å². The number of guanidine groups is 1. The van der Waals surface area contributed by atoms with Crippen molar-refractivity contribution in [1.29, 1.82) is 0 Å². The Labute approximate surface area is 177 Å². The molecule has 2 aromatic rings. The van der Waals surface area contributed by atoms with E-state index in [1.807, 2.05) is 25.8 Å². The summed E-state index contributed by atoms with van der Waals surface area (Å²) in [4.78, 5) is 10.9. The average molecular weight is 485 g/mol. The van der Waals surface area contributed by atoms with Crippen LogP contribution in [0.4, 0.5) is 0 Å². The van der Waals surface area contributed by atoms with Gasteiger partial charge in [0.2, 0.25) is 0 Å². The molecule has 1 fully saturated rings. The molecule has 0 aliphatic carbocycles. The van der Waals surface area contributed by atoms with Gasteiger partial charge < -0.3 is 14.8 Å². The van der Waals surface area contributed by atoms with Crippen LogP contribution in [0.15, 0.2) is 48.0 Å². The maximum absolute atomic E-state index is 4.47. The summed E-state index contributed by atoms with van der Waals surface area (Å²) < 4.78 is 2.08. The Morgan fingerprint density at radius 2 is 2.08 bits per heavy atom. The first-order valence-corrected chi connectivity index (χ1v) is 9.94. The fourth-order valence-corrected chi connectivity index (χ4v) is 4.21. The highest BCUT2D eigenvalue weighted by molar-refractivity contribution is 14.0. The number of aromatic nitrogens is 2. The van der Waals surface area contributed by atoms with Crippen LogP contribution in [-0.4, -0.2) is 51.6 Å². The number of nitrogens with zero attached hydrogens (tertiary/aromatic N) is 4. The minimum Gasteiger partial charge on any atom is -0.352 e. The van der Waals surface area contributed by atoms with Crippen LogP contribution >= 0.6 is 35.7 Å². The van der Waals surface area contributed by atoms with Crippen molar-refractivity contribution in [2.75, 3.05) is 25.9 Å². The fourth-order valence-electron chi connectivity index (χ4n) is 3.03. The summed E-state index contributed by atoms with van der Waals surface area (Å²) >= 11 is 2.08. The van der Waals surface area contributed by atoms with Gasteiger partial charge >= 0.3 is 0 Å². The summed E-state index contributed by atoms with van der Waals surface area (Å²) in [5.74, 6) is 2.20. The van der Waals surface area contributed by atoms with Gasteiger partial charge in [0, 0.05) is 56.6 Å².